The van der Waals surface area contributed by atoms with Crippen LogP contribution in [0.1, 0.15) is 40.9 Å². The molecular formula is C24H33N3O3S. The van der Waals surface area contributed by atoms with E-state index >= 15 is 0 Å². The van der Waals surface area contributed by atoms with Gasteiger partial charge in [0.1, 0.15) is 0 Å². The van der Waals surface area contributed by atoms with Crippen molar-refractivity contribution in [1.29, 1.82) is 0 Å². The van der Waals surface area contributed by atoms with E-state index in [1.807, 2.05) is 12.1 Å². The molecule has 3 heterocycles. The summed E-state index contributed by atoms with van der Waals surface area (Å²) in [5.41, 5.74) is 1.11. The molecule has 0 aliphatic carbocycles. The van der Waals surface area contributed by atoms with Crippen LogP contribution in [0, 0.1) is 0 Å². The predicted octanol–water partition coefficient (Wildman–Crippen LogP) is 3.25. The standard InChI is InChI=1S/C24H33N3O3S/c1-25(2)24(29)23-20(19-9-5-6-10-21(19)31-23)16-18-8-4-3-7-11-27(18)22(28)17-26-12-14-30-15-13-26/h5-6,9-10,18H,3-4,7-8,11-17H2,1-2H3. The zero-order valence-electron chi connectivity index (χ0n) is 18.6. The molecule has 1 unspecified atom stereocenters. The van der Waals surface area contributed by atoms with Gasteiger partial charge in [0.05, 0.1) is 24.6 Å². The van der Waals surface area contributed by atoms with Crippen molar-refractivity contribution in [3.8, 4) is 0 Å². The van der Waals surface area contributed by atoms with Crippen LogP contribution in [0.5, 0.6) is 0 Å². The number of carbonyl (C=O) groups excluding carboxylic acids is 2. The highest BCUT2D eigenvalue weighted by Crippen LogP contribution is 2.34. The maximum atomic E-state index is 13.3. The zero-order valence-corrected chi connectivity index (χ0v) is 19.5. The van der Waals surface area contributed by atoms with Gasteiger partial charge in [0.15, 0.2) is 0 Å². The molecule has 2 amide bonds. The Morgan fingerprint density at radius 1 is 1.10 bits per heavy atom. The fourth-order valence-electron chi connectivity index (χ4n) is 4.67. The lowest BCUT2D eigenvalue weighted by atomic mass is 9.97. The number of hydrogen-bond acceptors (Lipinski definition) is 5. The number of carbonyl (C=O) groups is 2. The first-order valence-electron chi connectivity index (χ1n) is 11.4. The number of amides is 2. The number of morpholine rings is 1. The number of rotatable bonds is 5. The van der Waals surface area contributed by atoms with Crippen molar-refractivity contribution in [2.45, 2.75) is 38.1 Å². The Kier molecular flexibility index (Phi) is 7.25. The van der Waals surface area contributed by atoms with Gasteiger partial charge in [-0.05, 0) is 36.3 Å². The van der Waals surface area contributed by atoms with Gasteiger partial charge in [0.2, 0.25) is 5.91 Å². The van der Waals surface area contributed by atoms with Gasteiger partial charge >= 0.3 is 0 Å². The summed E-state index contributed by atoms with van der Waals surface area (Å²) in [6, 6.07) is 8.41. The largest absolute Gasteiger partial charge is 0.379 e. The quantitative estimate of drug-likeness (QED) is 0.712. The van der Waals surface area contributed by atoms with Crippen LogP contribution < -0.4 is 0 Å². The summed E-state index contributed by atoms with van der Waals surface area (Å²) in [6.45, 7) is 4.32. The summed E-state index contributed by atoms with van der Waals surface area (Å²) in [6.07, 6.45) is 5.08. The number of nitrogens with zero attached hydrogens (tertiary/aromatic N) is 3. The average molecular weight is 444 g/mol. The Bertz CT molecular complexity index is 920. The van der Waals surface area contributed by atoms with Crippen LogP contribution in [0.4, 0.5) is 0 Å². The molecule has 0 bridgehead atoms. The molecule has 2 fully saturated rings. The van der Waals surface area contributed by atoms with Crippen molar-refractivity contribution in [1.82, 2.24) is 14.7 Å². The number of thiophene rings is 1. The second-order valence-electron chi connectivity index (χ2n) is 8.79. The minimum atomic E-state index is 0.0519. The van der Waals surface area contributed by atoms with E-state index < -0.39 is 0 Å². The molecule has 1 aromatic carbocycles. The van der Waals surface area contributed by atoms with Gasteiger partial charge in [-0.2, -0.15) is 0 Å². The molecule has 1 aromatic heterocycles. The first-order valence-corrected chi connectivity index (χ1v) is 12.2. The van der Waals surface area contributed by atoms with Crippen molar-refractivity contribution in [2.75, 3.05) is 53.5 Å². The maximum absolute atomic E-state index is 13.3. The molecule has 2 saturated heterocycles. The smallest absolute Gasteiger partial charge is 0.263 e. The zero-order chi connectivity index (χ0) is 21.8. The third-order valence-corrected chi connectivity index (χ3v) is 7.60. The van der Waals surface area contributed by atoms with Crippen molar-refractivity contribution in [3.63, 3.8) is 0 Å². The van der Waals surface area contributed by atoms with Crippen molar-refractivity contribution in [3.05, 3.63) is 34.7 Å². The van der Waals surface area contributed by atoms with E-state index in [-0.39, 0.29) is 17.9 Å². The predicted molar refractivity (Wildman–Crippen MR) is 125 cm³/mol. The summed E-state index contributed by atoms with van der Waals surface area (Å²) in [5, 5.41) is 1.16. The van der Waals surface area contributed by atoms with Gasteiger partial charge in [0, 0.05) is 44.5 Å². The fourth-order valence-corrected chi connectivity index (χ4v) is 5.93. The molecule has 0 radical (unpaired) electrons. The summed E-state index contributed by atoms with van der Waals surface area (Å²) >= 11 is 1.58. The third-order valence-electron chi connectivity index (χ3n) is 6.40. The van der Waals surface area contributed by atoms with Crippen LogP contribution in [0.15, 0.2) is 24.3 Å². The molecule has 2 aromatic rings. The molecule has 6 nitrogen and oxygen atoms in total. The molecule has 1 atom stereocenters. The average Bonchev–Trinajstić information content (AvgIpc) is 2.96. The Hall–Kier alpha value is -1.96. The molecule has 7 heteroatoms. The topological polar surface area (TPSA) is 53.1 Å². The lowest BCUT2D eigenvalue weighted by Crippen LogP contribution is -2.48. The summed E-state index contributed by atoms with van der Waals surface area (Å²) in [5.74, 6) is 0.268. The highest BCUT2D eigenvalue weighted by atomic mass is 32.1. The first kappa shape index (κ1) is 22.2. The first-order chi connectivity index (χ1) is 15.0. The van der Waals surface area contributed by atoms with Gasteiger partial charge < -0.3 is 14.5 Å². The van der Waals surface area contributed by atoms with E-state index in [1.54, 1.807) is 30.3 Å². The Labute approximate surface area is 188 Å². The van der Waals surface area contributed by atoms with E-state index in [9.17, 15) is 9.59 Å². The van der Waals surface area contributed by atoms with E-state index in [4.69, 9.17) is 4.74 Å². The minimum absolute atomic E-state index is 0.0519. The fraction of sp³-hybridized carbons (Fsp3) is 0.583. The van der Waals surface area contributed by atoms with Crippen LogP contribution in [0.2, 0.25) is 0 Å². The SMILES string of the molecule is CN(C)C(=O)c1sc2ccccc2c1CC1CCCCCN1C(=O)CN1CCOCC1. The molecule has 0 N–H and O–H groups in total. The molecule has 0 spiro atoms. The summed E-state index contributed by atoms with van der Waals surface area (Å²) in [4.78, 5) is 33.1. The molecule has 4 rings (SSSR count). The van der Waals surface area contributed by atoms with Crippen LogP contribution in [-0.4, -0.2) is 86.0 Å². The highest BCUT2D eigenvalue weighted by Gasteiger charge is 2.30. The van der Waals surface area contributed by atoms with Crippen LogP contribution in [-0.2, 0) is 16.0 Å². The third kappa shape index (κ3) is 5.10. The monoisotopic (exact) mass is 443 g/mol. The molecule has 2 aliphatic rings. The Balaban J connectivity index is 1.60. The van der Waals surface area contributed by atoms with Gasteiger partial charge in [-0.3, -0.25) is 14.5 Å². The number of benzene rings is 1. The number of likely N-dealkylation sites (tertiary alicyclic amines) is 1. The van der Waals surface area contributed by atoms with E-state index in [2.05, 4.69) is 21.9 Å². The molecular weight excluding hydrogens is 410 g/mol. The highest BCUT2D eigenvalue weighted by molar-refractivity contribution is 7.21. The van der Waals surface area contributed by atoms with E-state index in [1.165, 1.54) is 0 Å². The maximum Gasteiger partial charge on any atom is 0.263 e. The summed E-state index contributed by atoms with van der Waals surface area (Å²) < 4.78 is 6.57. The molecule has 31 heavy (non-hydrogen) atoms. The van der Waals surface area contributed by atoms with Crippen LogP contribution >= 0.6 is 11.3 Å². The van der Waals surface area contributed by atoms with Crippen LogP contribution in [0.3, 0.4) is 0 Å². The lowest BCUT2D eigenvalue weighted by Gasteiger charge is -2.34. The van der Waals surface area contributed by atoms with Crippen molar-refractivity contribution >= 4 is 33.2 Å². The number of fused-ring (bicyclic) bond motifs is 1. The van der Waals surface area contributed by atoms with Gasteiger partial charge in [0.25, 0.3) is 5.91 Å². The minimum Gasteiger partial charge on any atom is -0.379 e. The van der Waals surface area contributed by atoms with Gasteiger partial charge in [-0.1, -0.05) is 31.0 Å². The second kappa shape index (κ2) is 10.1. The van der Waals surface area contributed by atoms with E-state index in [0.717, 1.165) is 72.3 Å². The second-order valence-corrected chi connectivity index (χ2v) is 9.84. The van der Waals surface area contributed by atoms with Gasteiger partial charge in [-0.15, -0.1) is 11.3 Å². The Morgan fingerprint density at radius 3 is 2.65 bits per heavy atom. The summed E-state index contributed by atoms with van der Waals surface area (Å²) in [7, 11) is 3.61. The Morgan fingerprint density at radius 2 is 1.87 bits per heavy atom. The van der Waals surface area contributed by atoms with Crippen molar-refractivity contribution < 1.29 is 14.3 Å². The number of ether oxygens (including phenoxy) is 1. The molecule has 0 saturated carbocycles. The van der Waals surface area contributed by atoms with Crippen LogP contribution in [0.25, 0.3) is 10.1 Å². The normalized spacial score (nSPS) is 20.6. The lowest BCUT2D eigenvalue weighted by molar-refractivity contribution is -0.135. The number of hydrogen-bond donors (Lipinski definition) is 0. The van der Waals surface area contributed by atoms with Crippen molar-refractivity contribution in [2.24, 2.45) is 0 Å². The van der Waals surface area contributed by atoms with Gasteiger partial charge in [-0.25, -0.2) is 0 Å². The molecule has 168 valence electrons. The molecule has 2 aliphatic heterocycles. The van der Waals surface area contributed by atoms with E-state index in [0.29, 0.717) is 19.8 Å².